The normalized spacial score (nSPS) is 13.0. The average Bonchev–Trinajstić information content (AvgIpc) is 2.57. The summed E-state index contributed by atoms with van der Waals surface area (Å²) in [4.78, 5) is 1.64. The van der Waals surface area contributed by atoms with Gasteiger partial charge in [0.05, 0.1) is 11.5 Å². The fraction of sp³-hybridized carbons (Fsp3) is 0.636. The predicted molar refractivity (Wildman–Crippen MR) is 69.6 cm³/mol. The molecule has 0 spiro atoms. The highest BCUT2D eigenvalue weighted by molar-refractivity contribution is 7.89. The summed E-state index contributed by atoms with van der Waals surface area (Å²) in [5.74, 6) is 0. The predicted octanol–water partition coefficient (Wildman–Crippen LogP) is 1.87. The van der Waals surface area contributed by atoms with E-state index in [1.165, 1.54) is 17.4 Å². The van der Waals surface area contributed by atoms with E-state index in [4.69, 9.17) is 5.11 Å². The van der Waals surface area contributed by atoms with E-state index in [9.17, 15) is 8.42 Å². The summed E-state index contributed by atoms with van der Waals surface area (Å²) in [5.41, 5.74) is -0.100. The minimum atomic E-state index is -3.46. The third kappa shape index (κ3) is 4.06. The van der Waals surface area contributed by atoms with Gasteiger partial charge in [-0.25, -0.2) is 13.1 Å². The van der Waals surface area contributed by atoms with Gasteiger partial charge in [-0.05, 0) is 18.4 Å². The van der Waals surface area contributed by atoms with E-state index < -0.39 is 10.0 Å². The molecule has 1 heterocycles. The summed E-state index contributed by atoms with van der Waals surface area (Å²) in [6, 6.07) is 1.53. The van der Waals surface area contributed by atoms with E-state index in [2.05, 4.69) is 4.72 Å². The average molecular weight is 277 g/mol. The summed E-state index contributed by atoms with van der Waals surface area (Å²) in [7, 11) is -3.46. The molecule has 0 bridgehead atoms. The SMILES string of the molecule is Cc1sc(CO)cc1S(=O)(=O)NCC(C)(C)C. The molecule has 0 aromatic carbocycles. The molecule has 0 aliphatic heterocycles. The highest BCUT2D eigenvalue weighted by atomic mass is 32.2. The van der Waals surface area contributed by atoms with Crippen molar-refractivity contribution in [2.75, 3.05) is 6.54 Å². The summed E-state index contributed by atoms with van der Waals surface area (Å²) in [6.45, 7) is 7.91. The second-order valence-corrected chi connectivity index (χ2v) is 8.25. The standard InChI is InChI=1S/C11H19NO3S2/c1-8-10(5-9(6-13)16-8)17(14,15)12-7-11(2,3)4/h5,12-13H,6-7H2,1-4H3. The maximum Gasteiger partial charge on any atom is 0.241 e. The number of aryl methyl sites for hydroxylation is 1. The third-order valence-corrected chi connectivity index (χ3v) is 4.85. The molecule has 1 aromatic heterocycles. The fourth-order valence-electron chi connectivity index (χ4n) is 1.26. The zero-order valence-electron chi connectivity index (χ0n) is 10.6. The van der Waals surface area contributed by atoms with Crippen molar-refractivity contribution in [3.63, 3.8) is 0 Å². The first-order chi connectivity index (χ1) is 7.65. The maximum absolute atomic E-state index is 12.0. The zero-order chi connectivity index (χ0) is 13.3. The minimum absolute atomic E-state index is 0.100. The van der Waals surface area contributed by atoms with E-state index >= 15 is 0 Å². The van der Waals surface area contributed by atoms with Crippen LogP contribution in [0.15, 0.2) is 11.0 Å². The van der Waals surface area contributed by atoms with Crippen molar-refractivity contribution in [2.24, 2.45) is 5.41 Å². The molecule has 0 unspecified atom stereocenters. The fourth-order valence-corrected chi connectivity index (χ4v) is 4.04. The Morgan fingerprint density at radius 2 is 2.00 bits per heavy atom. The Hall–Kier alpha value is -0.430. The van der Waals surface area contributed by atoms with Crippen LogP contribution < -0.4 is 4.72 Å². The smallest absolute Gasteiger partial charge is 0.241 e. The summed E-state index contributed by atoms with van der Waals surface area (Å²) in [5, 5.41) is 9.00. The van der Waals surface area contributed by atoms with Gasteiger partial charge in [0.1, 0.15) is 0 Å². The molecule has 0 atom stereocenters. The number of hydrogen-bond donors (Lipinski definition) is 2. The molecular formula is C11H19NO3S2. The lowest BCUT2D eigenvalue weighted by Crippen LogP contribution is -2.32. The van der Waals surface area contributed by atoms with Crippen LogP contribution in [0.25, 0.3) is 0 Å². The van der Waals surface area contributed by atoms with Crippen LogP contribution in [-0.4, -0.2) is 20.1 Å². The molecule has 0 radical (unpaired) electrons. The molecule has 0 saturated heterocycles. The lowest BCUT2D eigenvalue weighted by atomic mass is 9.98. The lowest BCUT2D eigenvalue weighted by Gasteiger charge is -2.18. The molecule has 0 aliphatic carbocycles. The first kappa shape index (κ1) is 14.6. The minimum Gasteiger partial charge on any atom is -0.391 e. The van der Waals surface area contributed by atoms with Gasteiger partial charge in [-0.1, -0.05) is 20.8 Å². The summed E-state index contributed by atoms with van der Waals surface area (Å²) >= 11 is 1.31. The number of nitrogens with one attached hydrogen (secondary N) is 1. The number of thiophene rings is 1. The van der Waals surface area contributed by atoms with E-state index in [1.54, 1.807) is 6.92 Å². The number of rotatable bonds is 4. The van der Waals surface area contributed by atoms with Crippen molar-refractivity contribution >= 4 is 21.4 Å². The molecule has 17 heavy (non-hydrogen) atoms. The van der Waals surface area contributed by atoms with Gasteiger partial charge in [-0.3, -0.25) is 0 Å². The van der Waals surface area contributed by atoms with E-state index in [0.29, 0.717) is 16.3 Å². The van der Waals surface area contributed by atoms with Crippen molar-refractivity contribution in [1.29, 1.82) is 0 Å². The van der Waals surface area contributed by atoms with E-state index in [1.807, 2.05) is 20.8 Å². The molecule has 4 nitrogen and oxygen atoms in total. The van der Waals surface area contributed by atoms with Crippen molar-refractivity contribution in [1.82, 2.24) is 4.72 Å². The van der Waals surface area contributed by atoms with Gasteiger partial charge >= 0.3 is 0 Å². The molecule has 1 aromatic rings. The molecule has 1 rings (SSSR count). The number of hydrogen-bond acceptors (Lipinski definition) is 4. The highest BCUT2D eigenvalue weighted by Crippen LogP contribution is 2.26. The largest absolute Gasteiger partial charge is 0.391 e. The first-order valence-electron chi connectivity index (χ1n) is 5.35. The molecule has 2 N–H and O–H groups in total. The molecule has 6 heteroatoms. The molecule has 0 aliphatic rings. The van der Waals surface area contributed by atoms with Gasteiger partial charge in [0.25, 0.3) is 0 Å². The van der Waals surface area contributed by atoms with Gasteiger partial charge < -0.3 is 5.11 Å². The van der Waals surface area contributed by atoms with Gasteiger partial charge in [-0.2, -0.15) is 0 Å². The number of aliphatic hydroxyl groups excluding tert-OH is 1. The maximum atomic E-state index is 12.0. The second kappa shape index (κ2) is 5.06. The van der Waals surface area contributed by atoms with Crippen LogP contribution in [0.4, 0.5) is 0 Å². The van der Waals surface area contributed by atoms with Crippen LogP contribution in [0.5, 0.6) is 0 Å². The van der Waals surface area contributed by atoms with Gasteiger partial charge in [0.2, 0.25) is 10.0 Å². The van der Waals surface area contributed by atoms with Crippen LogP contribution >= 0.6 is 11.3 Å². The number of sulfonamides is 1. The van der Waals surface area contributed by atoms with Gasteiger partial charge in [0, 0.05) is 16.3 Å². The number of aliphatic hydroxyl groups is 1. The Bertz CT molecular complexity index is 483. The Morgan fingerprint density at radius 1 is 1.41 bits per heavy atom. The second-order valence-electron chi connectivity index (χ2n) is 5.18. The summed E-state index contributed by atoms with van der Waals surface area (Å²) < 4.78 is 26.7. The zero-order valence-corrected chi connectivity index (χ0v) is 12.2. The topological polar surface area (TPSA) is 66.4 Å². The van der Waals surface area contributed by atoms with Crippen molar-refractivity contribution in [3.8, 4) is 0 Å². The van der Waals surface area contributed by atoms with Gasteiger partial charge in [0.15, 0.2) is 0 Å². The first-order valence-corrected chi connectivity index (χ1v) is 7.65. The van der Waals surface area contributed by atoms with E-state index in [-0.39, 0.29) is 16.9 Å². The molecule has 0 saturated carbocycles. The quantitative estimate of drug-likeness (QED) is 0.883. The van der Waals surface area contributed by atoms with Crippen LogP contribution in [0.1, 0.15) is 30.5 Å². The molecule has 0 amide bonds. The lowest BCUT2D eigenvalue weighted by molar-refractivity contribution is 0.285. The molecular weight excluding hydrogens is 258 g/mol. The Kier molecular flexibility index (Phi) is 4.35. The Morgan fingerprint density at radius 3 is 2.41 bits per heavy atom. The molecule has 0 fully saturated rings. The van der Waals surface area contributed by atoms with Crippen LogP contribution in [0, 0.1) is 12.3 Å². The van der Waals surface area contributed by atoms with Crippen LogP contribution in [-0.2, 0) is 16.6 Å². The molecule has 98 valence electrons. The Balaban J connectivity index is 2.93. The van der Waals surface area contributed by atoms with Crippen molar-refractivity contribution in [2.45, 2.75) is 39.2 Å². The Labute approximate surface area is 107 Å². The van der Waals surface area contributed by atoms with Crippen molar-refractivity contribution in [3.05, 3.63) is 15.8 Å². The third-order valence-electron chi connectivity index (χ3n) is 2.16. The van der Waals surface area contributed by atoms with Crippen molar-refractivity contribution < 1.29 is 13.5 Å². The van der Waals surface area contributed by atoms with Gasteiger partial charge in [-0.15, -0.1) is 11.3 Å². The van der Waals surface area contributed by atoms with Crippen LogP contribution in [0.3, 0.4) is 0 Å². The van der Waals surface area contributed by atoms with Crippen LogP contribution in [0.2, 0.25) is 0 Å². The summed E-state index contributed by atoms with van der Waals surface area (Å²) in [6.07, 6.45) is 0. The monoisotopic (exact) mass is 277 g/mol. The highest BCUT2D eigenvalue weighted by Gasteiger charge is 2.22. The van der Waals surface area contributed by atoms with E-state index in [0.717, 1.165) is 0 Å².